The Labute approximate surface area is 109 Å². The lowest BCUT2D eigenvalue weighted by Gasteiger charge is -2.29. The van der Waals surface area contributed by atoms with E-state index < -0.39 is 0 Å². The second-order valence-corrected chi connectivity index (χ2v) is 5.40. The van der Waals surface area contributed by atoms with Crippen LogP contribution >= 0.6 is 0 Å². The summed E-state index contributed by atoms with van der Waals surface area (Å²) >= 11 is 0. The van der Waals surface area contributed by atoms with Gasteiger partial charge in [0.2, 0.25) is 0 Å². The highest BCUT2D eigenvalue weighted by molar-refractivity contribution is 5.74. The van der Waals surface area contributed by atoms with Crippen molar-refractivity contribution in [2.45, 2.75) is 44.2 Å². The molecule has 104 valence electrons. The van der Waals surface area contributed by atoms with Crippen LogP contribution in [0.1, 0.15) is 32.1 Å². The summed E-state index contributed by atoms with van der Waals surface area (Å²) in [4.78, 5) is 14.0. The summed E-state index contributed by atoms with van der Waals surface area (Å²) in [5.74, 6) is 0. The number of likely N-dealkylation sites (tertiary alicyclic amines) is 1. The van der Waals surface area contributed by atoms with Gasteiger partial charge in [0.15, 0.2) is 0 Å². The number of piperidine rings is 1. The summed E-state index contributed by atoms with van der Waals surface area (Å²) < 4.78 is 5.52. The molecular formula is C13H25N3O2. The van der Waals surface area contributed by atoms with Crippen LogP contribution in [0.2, 0.25) is 0 Å². The van der Waals surface area contributed by atoms with Crippen molar-refractivity contribution < 1.29 is 9.53 Å². The molecule has 0 aromatic heterocycles. The lowest BCUT2D eigenvalue weighted by Crippen LogP contribution is -2.47. The highest BCUT2D eigenvalue weighted by atomic mass is 16.5. The predicted octanol–water partition coefficient (Wildman–Crippen LogP) is 0.949. The van der Waals surface area contributed by atoms with Crippen LogP contribution in [-0.4, -0.2) is 56.4 Å². The molecule has 5 nitrogen and oxygen atoms in total. The minimum atomic E-state index is -0.0254. The Bertz CT molecular complexity index is 259. The maximum absolute atomic E-state index is 11.7. The molecule has 0 bridgehead atoms. The number of hydrogen-bond donors (Lipinski definition) is 2. The lowest BCUT2D eigenvalue weighted by molar-refractivity contribution is 0.104. The van der Waals surface area contributed by atoms with Crippen LogP contribution in [0.3, 0.4) is 0 Å². The molecule has 5 heteroatoms. The largest absolute Gasteiger partial charge is 0.378 e. The summed E-state index contributed by atoms with van der Waals surface area (Å²) in [6, 6.07) is 0.312. The molecular weight excluding hydrogens is 230 g/mol. The first-order valence-corrected chi connectivity index (χ1v) is 7.08. The topological polar surface area (TPSA) is 53.6 Å². The molecule has 2 N–H and O–H groups in total. The van der Waals surface area contributed by atoms with Gasteiger partial charge in [-0.2, -0.15) is 0 Å². The van der Waals surface area contributed by atoms with Crippen molar-refractivity contribution in [1.82, 2.24) is 15.5 Å². The van der Waals surface area contributed by atoms with E-state index in [-0.39, 0.29) is 6.03 Å². The zero-order chi connectivity index (χ0) is 12.8. The number of rotatable bonds is 4. The van der Waals surface area contributed by atoms with E-state index in [9.17, 15) is 4.79 Å². The van der Waals surface area contributed by atoms with E-state index in [4.69, 9.17) is 4.74 Å². The highest BCUT2D eigenvalue weighted by Crippen LogP contribution is 2.14. The van der Waals surface area contributed by atoms with Gasteiger partial charge >= 0.3 is 6.03 Å². The molecule has 0 saturated carbocycles. The van der Waals surface area contributed by atoms with E-state index in [1.165, 1.54) is 0 Å². The molecule has 1 unspecified atom stereocenters. The summed E-state index contributed by atoms with van der Waals surface area (Å²) in [6.07, 6.45) is 5.69. The second-order valence-electron chi connectivity index (χ2n) is 5.40. The normalized spacial score (nSPS) is 26.2. The molecule has 2 fully saturated rings. The van der Waals surface area contributed by atoms with Gasteiger partial charge in [0, 0.05) is 19.2 Å². The maximum Gasteiger partial charge on any atom is 0.315 e. The zero-order valence-electron chi connectivity index (χ0n) is 11.3. The maximum atomic E-state index is 11.7. The molecule has 2 aliphatic heterocycles. The Balaban J connectivity index is 1.54. The van der Waals surface area contributed by atoms with E-state index >= 15 is 0 Å². The minimum Gasteiger partial charge on any atom is -0.378 e. The van der Waals surface area contributed by atoms with E-state index in [0.717, 1.165) is 51.8 Å². The average molecular weight is 255 g/mol. The zero-order valence-corrected chi connectivity index (χ0v) is 11.3. The summed E-state index contributed by atoms with van der Waals surface area (Å²) in [7, 11) is 2.12. The van der Waals surface area contributed by atoms with Crippen LogP contribution in [0.4, 0.5) is 4.79 Å². The molecule has 2 heterocycles. The van der Waals surface area contributed by atoms with Crippen molar-refractivity contribution in [2.75, 3.05) is 33.3 Å². The highest BCUT2D eigenvalue weighted by Gasteiger charge is 2.19. The van der Waals surface area contributed by atoms with Crippen LogP contribution in [0.25, 0.3) is 0 Å². The van der Waals surface area contributed by atoms with Crippen molar-refractivity contribution in [3.63, 3.8) is 0 Å². The standard InChI is InChI=1S/C13H25N3O2/c1-16-8-5-11(6-9-16)15-13(17)14-7-4-12-3-2-10-18-12/h11-12H,2-10H2,1H3,(H2,14,15,17). The van der Waals surface area contributed by atoms with Crippen molar-refractivity contribution >= 4 is 6.03 Å². The lowest BCUT2D eigenvalue weighted by atomic mass is 10.1. The van der Waals surface area contributed by atoms with Gasteiger partial charge in [0.1, 0.15) is 0 Å². The first kappa shape index (κ1) is 13.6. The van der Waals surface area contributed by atoms with Gasteiger partial charge in [0.25, 0.3) is 0 Å². The molecule has 2 rings (SSSR count). The van der Waals surface area contributed by atoms with Crippen LogP contribution in [0.15, 0.2) is 0 Å². The number of nitrogens with zero attached hydrogens (tertiary/aromatic N) is 1. The molecule has 2 aliphatic rings. The second kappa shape index (κ2) is 6.95. The first-order valence-electron chi connectivity index (χ1n) is 7.08. The monoisotopic (exact) mass is 255 g/mol. The summed E-state index contributed by atoms with van der Waals surface area (Å²) in [5, 5.41) is 5.97. The number of amides is 2. The van der Waals surface area contributed by atoms with Gasteiger partial charge in [-0.3, -0.25) is 0 Å². The number of hydrogen-bond acceptors (Lipinski definition) is 3. The molecule has 0 aromatic rings. The molecule has 0 aliphatic carbocycles. The molecule has 18 heavy (non-hydrogen) atoms. The third kappa shape index (κ3) is 4.46. The minimum absolute atomic E-state index is 0.0254. The van der Waals surface area contributed by atoms with Crippen LogP contribution in [0.5, 0.6) is 0 Å². The Kier molecular flexibility index (Phi) is 5.26. The van der Waals surface area contributed by atoms with Gasteiger partial charge in [-0.05, 0) is 52.2 Å². The molecule has 0 aromatic carbocycles. The quantitative estimate of drug-likeness (QED) is 0.786. The number of urea groups is 1. The van der Waals surface area contributed by atoms with Crippen molar-refractivity contribution in [3.8, 4) is 0 Å². The van der Waals surface area contributed by atoms with Crippen molar-refractivity contribution in [3.05, 3.63) is 0 Å². The van der Waals surface area contributed by atoms with Gasteiger partial charge < -0.3 is 20.3 Å². The number of carbonyl (C=O) groups is 1. The fourth-order valence-electron chi connectivity index (χ4n) is 2.61. The number of carbonyl (C=O) groups excluding carboxylic acids is 1. The first-order chi connectivity index (χ1) is 8.74. The fraction of sp³-hybridized carbons (Fsp3) is 0.923. The molecule has 0 radical (unpaired) electrons. The van der Waals surface area contributed by atoms with Crippen LogP contribution in [-0.2, 0) is 4.74 Å². The smallest absolute Gasteiger partial charge is 0.315 e. The Hall–Kier alpha value is -0.810. The predicted molar refractivity (Wildman–Crippen MR) is 70.6 cm³/mol. The van der Waals surface area contributed by atoms with E-state index in [0.29, 0.717) is 18.7 Å². The van der Waals surface area contributed by atoms with E-state index in [2.05, 4.69) is 22.6 Å². The third-order valence-electron chi connectivity index (χ3n) is 3.83. The van der Waals surface area contributed by atoms with Gasteiger partial charge in [-0.25, -0.2) is 4.79 Å². The van der Waals surface area contributed by atoms with Gasteiger partial charge in [-0.1, -0.05) is 0 Å². The van der Waals surface area contributed by atoms with Gasteiger partial charge in [-0.15, -0.1) is 0 Å². The SMILES string of the molecule is CN1CCC(NC(=O)NCCC2CCCO2)CC1. The van der Waals surface area contributed by atoms with Gasteiger partial charge in [0.05, 0.1) is 6.10 Å². The van der Waals surface area contributed by atoms with Crippen molar-refractivity contribution in [2.24, 2.45) is 0 Å². The average Bonchev–Trinajstić information content (AvgIpc) is 2.85. The summed E-state index contributed by atoms with van der Waals surface area (Å²) in [5.41, 5.74) is 0. The molecule has 2 saturated heterocycles. The fourth-order valence-corrected chi connectivity index (χ4v) is 2.61. The Morgan fingerprint density at radius 1 is 1.33 bits per heavy atom. The number of ether oxygens (including phenoxy) is 1. The Morgan fingerprint density at radius 3 is 2.78 bits per heavy atom. The van der Waals surface area contributed by atoms with Crippen LogP contribution < -0.4 is 10.6 Å². The molecule has 0 spiro atoms. The van der Waals surface area contributed by atoms with E-state index in [1.807, 2.05) is 0 Å². The van der Waals surface area contributed by atoms with Crippen LogP contribution in [0, 0.1) is 0 Å². The van der Waals surface area contributed by atoms with Crippen molar-refractivity contribution in [1.29, 1.82) is 0 Å². The Morgan fingerprint density at radius 2 is 2.11 bits per heavy atom. The molecule has 2 amide bonds. The third-order valence-corrected chi connectivity index (χ3v) is 3.83. The molecule has 1 atom stereocenters. The summed E-state index contributed by atoms with van der Waals surface area (Å²) in [6.45, 7) is 3.73. The number of nitrogens with one attached hydrogen (secondary N) is 2. The van der Waals surface area contributed by atoms with E-state index in [1.54, 1.807) is 0 Å².